The molecule has 0 N–H and O–H groups in total. The zero-order chi connectivity index (χ0) is 27.4. The third kappa shape index (κ3) is 4.70. The Kier molecular flexibility index (Phi) is 6.44. The number of aromatic nitrogens is 2. The second-order valence-electron chi connectivity index (χ2n) is 11.9. The molecule has 0 bridgehead atoms. The molecule has 206 valence electrons. The summed E-state index contributed by atoms with van der Waals surface area (Å²) in [7, 11) is -2.01. The molecule has 1 aromatic heterocycles. The molecule has 3 aliphatic rings. The van der Waals surface area contributed by atoms with Crippen molar-refractivity contribution >= 4 is 21.8 Å². The molecule has 1 atom stereocenters. The van der Waals surface area contributed by atoms with E-state index in [2.05, 4.69) is 29.9 Å². The molecule has 0 spiro atoms. The van der Waals surface area contributed by atoms with Crippen molar-refractivity contribution in [3.63, 3.8) is 0 Å². The third-order valence-corrected chi connectivity index (χ3v) is 10.4. The van der Waals surface area contributed by atoms with Crippen molar-refractivity contribution < 1.29 is 17.5 Å². The van der Waals surface area contributed by atoms with Gasteiger partial charge in [-0.25, -0.2) is 17.5 Å². The van der Waals surface area contributed by atoms with Gasteiger partial charge in [0.2, 0.25) is 10.0 Å². The van der Waals surface area contributed by atoms with E-state index >= 15 is 0 Å². The van der Waals surface area contributed by atoms with Gasteiger partial charge in [-0.05, 0) is 84.8 Å². The molecule has 2 aliphatic heterocycles. The van der Waals surface area contributed by atoms with Crippen LogP contribution < -0.4 is 4.90 Å². The topological polar surface area (TPSA) is 67.7 Å². The number of anilines is 1. The average Bonchev–Trinajstić information content (AvgIpc) is 3.49. The van der Waals surface area contributed by atoms with E-state index in [1.165, 1.54) is 17.7 Å². The molecule has 7 nitrogen and oxygen atoms in total. The van der Waals surface area contributed by atoms with Crippen LogP contribution in [0.4, 0.5) is 10.1 Å². The minimum atomic E-state index is -3.68. The van der Waals surface area contributed by atoms with Crippen molar-refractivity contribution in [2.75, 3.05) is 44.8 Å². The third-order valence-electron chi connectivity index (χ3n) is 8.53. The van der Waals surface area contributed by atoms with Gasteiger partial charge in [0.15, 0.2) is 0 Å². The van der Waals surface area contributed by atoms with Crippen LogP contribution in [-0.2, 0) is 21.2 Å². The van der Waals surface area contributed by atoms with Gasteiger partial charge in [0.25, 0.3) is 0 Å². The maximum atomic E-state index is 13.8. The second-order valence-corrected chi connectivity index (χ2v) is 13.9. The van der Waals surface area contributed by atoms with Gasteiger partial charge in [-0.15, -0.1) is 0 Å². The van der Waals surface area contributed by atoms with Crippen molar-refractivity contribution in [1.29, 1.82) is 0 Å². The molecule has 0 amide bonds. The van der Waals surface area contributed by atoms with Gasteiger partial charge >= 0.3 is 0 Å². The van der Waals surface area contributed by atoms with E-state index in [1.54, 1.807) is 35.7 Å². The predicted molar refractivity (Wildman–Crippen MR) is 150 cm³/mol. The fourth-order valence-corrected chi connectivity index (χ4v) is 7.93. The first-order chi connectivity index (χ1) is 18.6. The van der Waals surface area contributed by atoms with Crippen LogP contribution in [0.2, 0.25) is 0 Å². The Balaban J connectivity index is 1.26. The number of benzene rings is 2. The van der Waals surface area contributed by atoms with Crippen LogP contribution in [0, 0.1) is 16.6 Å². The number of halogens is 1. The highest BCUT2D eigenvalue weighted by atomic mass is 32.2. The average molecular weight is 551 g/mol. The highest BCUT2D eigenvalue weighted by molar-refractivity contribution is 7.89. The lowest BCUT2D eigenvalue weighted by Gasteiger charge is -2.45. The highest BCUT2D eigenvalue weighted by Gasteiger charge is 2.46. The van der Waals surface area contributed by atoms with E-state index in [1.807, 2.05) is 23.0 Å². The molecule has 2 aromatic carbocycles. The molecule has 6 rings (SSSR count). The number of ether oxygens (including phenoxy) is 1. The Labute approximate surface area is 229 Å². The molecule has 2 fully saturated rings. The summed E-state index contributed by atoms with van der Waals surface area (Å²) in [6, 6.07) is 13.6. The minimum Gasteiger partial charge on any atom is -0.384 e. The van der Waals surface area contributed by atoms with Crippen LogP contribution in [0.25, 0.3) is 11.8 Å². The molecule has 2 saturated heterocycles. The largest absolute Gasteiger partial charge is 0.384 e. The first-order valence-corrected chi connectivity index (χ1v) is 14.9. The van der Waals surface area contributed by atoms with Crippen molar-refractivity contribution in [2.24, 2.45) is 10.8 Å². The number of rotatable bonds is 6. The van der Waals surface area contributed by atoms with Gasteiger partial charge in [0, 0.05) is 44.4 Å². The van der Waals surface area contributed by atoms with Crippen LogP contribution >= 0.6 is 0 Å². The first-order valence-electron chi connectivity index (χ1n) is 13.5. The monoisotopic (exact) mass is 550 g/mol. The molecule has 1 unspecified atom stereocenters. The van der Waals surface area contributed by atoms with Gasteiger partial charge in [-0.3, -0.25) is 0 Å². The summed E-state index contributed by atoms with van der Waals surface area (Å²) in [5.41, 5.74) is 4.81. The molecule has 3 heterocycles. The zero-order valence-corrected chi connectivity index (χ0v) is 23.5. The van der Waals surface area contributed by atoms with E-state index in [0.29, 0.717) is 37.4 Å². The van der Waals surface area contributed by atoms with Crippen LogP contribution in [0.3, 0.4) is 0 Å². The summed E-state index contributed by atoms with van der Waals surface area (Å²) >= 11 is 0. The quantitative estimate of drug-likeness (QED) is 0.436. The Morgan fingerprint density at radius 2 is 1.72 bits per heavy atom. The smallest absolute Gasteiger partial charge is 0.243 e. The summed E-state index contributed by atoms with van der Waals surface area (Å²) in [6.45, 7) is 7.65. The molecular weight excluding hydrogens is 515 g/mol. The molecule has 9 heteroatoms. The van der Waals surface area contributed by atoms with Gasteiger partial charge in [-0.2, -0.15) is 9.40 Å². The van der Waals surface area contributed by atoms with Gasteiger partial charge in [-0.1, -0.05) is 19.4 Å². The van der Waals surface area contributed by atoms with Crippen LogP contribution in [-0.4, -0.2) is 62.4 Å². The Morgan fingerprint density at radius 3 is 2.38 bits per heavy atom. The van der Waals surface area contributed by atoms with Crippen LogP contribution in [0.5, 0.6) is 0 Å². The molecule has 3 aromatic rings. The predicted octanol–water partition coefficient (Wildman–Crippen LogP) is 4.91. The van der Waals surface area contributed by atoms with E-state index in [4.69, 9.17) is 4.74 Å². The van der Waals surface area contributed by atoms with Crippen molar-refractivity contribution in [3.05, 3.63) is 77.4 Å². The van der Waals surface area contributed by atoms with E-state index in [9.17, 15) is 12.8 Å². The molecule has 0 radical (unpaired) electrons. The van der Waals surface area contributed by atoms with Gasteiger partial charge < -0.3 is 9.64 Å². The lowest BCUT2D eigenvalue weighted by atomic mass is 9.69. The molecule has 39 heavy (non-hydrogen) atoms. The Hall–Kier alpha value is -3.01. The second kappa shape index (κ2) is 9.57. The van der Waals surface area contributed by atoms with Crippen molar-refractivity contribution in [3.8, 4) is 5.69 Å². The van der Waals surface area contributed by atoms with Gasteiger partial charge in [0.05, 0.1) is 29.1 Å². The highest BCUT2D eigenvalue weighted by Crippen LogP contribution is 2.45. The summed E-state index contributed by atoms with van der Waals surface area (Å²) < 4.78 is 50.2. The fraction of sp³-hybridized carbons (Fsp3) is 0.433. The van der Waals surface area contributed by atoms with E-state index in [0.717, 1.165) is 42.1 Å². The standard InChI is InChI=1S/C30H35FN4O3S/c1-29(2)13-15-33(19-29)25-8-10-27(11-9-25)39(36,37)34-14-12-23-16-28-22(17-30(23,20-34)21-38-3)18-32-35(28)26-6-4-24(31)5-7-26/h4-11,16,18H,12-15,17,19-21H2,1-3H3. The maximum Gasteiger partial charge on any atom is 0.243 e. The van der Waals surface area contributed by atoms with Crippen LogP contribution in [0.15, 0.2) is 65.2 Å². The minimum absolute atomic E-state index is 0.273. The lowest BCUT2D eigenvalue weighted by Crippen LogP contribution is -2.51. The fourth-order valence-electron chi connectivity index (χ4n) is 6.40. The van der Waals surface area contributed by atoms with Crippen molar-refractivity contribution in [1.82, 2.24) is 14.1 Å². The van der Waals surface area contributed by atoms with Crippen LogP contribution in [0.1, 0.15) is 37.9 Å². The summed E-state index contributed by atoms with van der Waals surface area (Å²) in [5, 5.41) is 4.58. The summed E-state index contributed by atoms with van der Waals surface area (Å²) in [6.07, 6.45) is 6.32. The number of sulfonamides is 1. The molecule has 1 aliphatic carbocycles. The Bertz CT molecular complexity index is 1510. The lowest BCUT2D eigenvalue weighted by molar-refractivity contribution is 0.0733. The van der Waals surface area contributed by atoms with Crippen molar-refractivity contribution in [2.45, 2.75) is 38.0 Å². The number of fused-ring (bicyclic) bond motifs is 2. The SMILES string of the molecule is COCC12Cc3cnn(-c4ccc(F)cc4)c3C=C1CCN(S(=O)(=O)c1ccc(N3CCC(C)(C)C3)cc1)C2. The number of hydrogen-bond donors (Lipinski definition) is 0. The maximum absolute atomic E-state index is 13.8. The zero-order valence-electron chi connectivity index (χ0n) is 22.7. The van der Waals surface area contributed by atoms with E-state index in [-0.39, 0.29) is 11.2 Å². The first kappa shape index (κ1) is 26.2. The number of piperidine rings is 1. The number of nitrogens with zero attached hydrogens (tertiary/aromatic N) is 4. The molecule has 0 saturated carbocycles. The molecular formula is C30H35FN4O3S. The number of hydrogen-bond acceptors (Lipinski definition) is 5. The summed E-state index contributed by atoms with van der Waals surface area (Å²) in [5.74, 6) is -0.291. The number of methoxy groups -OCH3 is 1. The summed E-state index contributed by atoms with van der Waals surface area (Å²) in [4.78, 5) is 2.65. The normalized spacial score (nSPS) is 22.9. The van der Waals surface area contributed by atoms with Gasteiger partial charge in [0.1, 0.15) is 5.82 Å². The van der Waals surface area contributed by atoms with E-state index < -0.39 is 15.4 Å². The Morgan fingerprint density at radius 1 is 1.00 bits per heavy atom.